The molecule has 0 aliphatic carbocycles. The van der Waals surface area contributed by atoms with Crippen LogP contribution in [0.15, 0.2) is 0 Å². The van der Waals surface area contributed by atoms with Crippen molar-refractivity contribution < 1.29 is 0 Å². The standard InChI is InChI=1S/3C4H9.CHS.Sn/c3*1-3-4-2;1-2;/h3*1,3-4H2,2H3;1H;. The fraction of sp³-hybridized carbons (Fsp3) is 0.923. The van der Waals surface area contributed by atoms with Gasteiger partial charge < -0.3 is 0 Å². The van der Waals surface area contributed by atoms with E-state index < -0.39 is 18.4 Å². The molecular formula is C13H28SSn. The van der Waals surface area contributed by atoms with Gasteiger partial charge in [0.2, 0.25) is 0 Å². The summed E-state index contributed by atoms with van der Waals surface area (Å²) in [6, 6.07) is 0. The van der Waals surface area contributed by atoms with E-state index in [4.69, 9.17) is 12.2 Å². The number of rotatable bonds is 10. The maximum absolute atomic E-state index is 5.39. The second-order valence-electron chi connectivity index (χ2n) is 4.79. The van der Waals surface area contributed by atoms with Gasteiger partial charge in [-0.2, -0.15) is 0 Å². The van der Waals surface area contributed by atoms with Crippen molar-refractivity contribution in [2.45, 2.75) is 72.6 Å². The average molecular weight is 335 g/mol. The zero-order valence-electron chi connectivity index (χ0n) is 10.8. The van der Waals surface area contributed by atoms with Crippen LogP contribution < -0.4 is 0 Å². The van der Waals surface area contributed by atoms with Crippen molar-refractivity contribution in [2.24, 2.45) is 0 Å². The van der Waals surface area contributed by atoms with Gasteiger partial charge in [0.25, 0.3) is 0 Å². The molecule has 0 atom stereocenters. The summed E-state index contributed by atoms with van der Waals surface area (Å²) in [6.07, 6.45) is 8.32. The Labute approximate surface area is 106 Å². The van der Waals surface area contributed by atoms with Crippen molar-refractivity contribution in [2.75, 3.05) is 0 Å². The summed E-state index contributed by atoms with van der Waals surface area (Å²) in [5.74, 6) is 0. The predicted molar refractivity (Wildman–Crippen MR) is 78.6 cm³/mol. The maximum atomic E-state index is 5.39. The van der Waals surface area contributed by atoms with Gasteiger partial charge in [-0.3, -0.25) is 0 Å². The van der Waals surface area contributed by atoms with Crippen LogP contribution in [0.4, 0.5) is 0 Å². The van der Waals surface area contributed by atoms with Crippen molar-refractivity contribution in [3.05, 3.63) is 0 Å². The van der Waals surface area contributed by atoms with E-state index in [2.05, 4.69) is 24.2 Å². The van der Waals surface area contributed by atoms with Gasteiger partial charge in [0, 0.05) is 0 Å². The molecule has 0 heterocycles. The molecule has 0 saturated heterocycles. The van der Waals surface area contributed by atoms with Gasteiger partial charge in [-0.1, -0.05) is 0 Å². The summed E-state index contributed by atoms with van der Waals surface area (Å²) in [5.41, 5.74) is 0. The average Bonchev–Trinajstić information content (AvgIpc) is 2.29. The second kappa shape index (κ2) is 10.1. The van der Waals surface area contributed by atoms with E-state index in [0.717, 1.165) is 0 Å². The van der Waals surface area contributed by atoms with Crippen LogP contribution in [-0.4, -0.2) is 21.8 Å². The molecule has 0 unspecified atom stereocenters. The van der Waals surface area contributed by atoms with Crippen LogP contribution in [0.5, 0.6) is 0 Å². The van der Waals surface area contributed by atoms with E-state index >= 15 is 0 Å². The van der Waals surface area contributed by atoms with E-state index in [1.54, 1.807) is 0 Å². The van der Waals surface area contributed by atoms with Crippen LogP contribution in [0.1, 0.15) is 59.3 Å². The van der Waals surface area contributed by atoms with Gasteiger partial charge in [-0.05, 0) is 0 Å². The van der Waals surface area contributed by atoms with Crippen LogP contribution in [-0.2, 0) is 0 Å². The Bertz CT molecular complexity index is 135. The van der Waals surface area contributed by atoms with Gasteiger partial charge in [0.05, 0.1) is 0 Å². The zero-order valence-corrected chi connectivity index (χ0v) is 14.5. The Morgan fingerprint density at radius 3 is 1.33 bits per heavy atom. The first-order valence-electron chi connectivity index (χ1n) is 6.71. The molecule has 0 nitrogen and oxygen atoms in total. The van der Waals surface area contributed by atoms with Gasteiger partial charge in [0.15, 0.2) is 0 Å². The van der Waals surface area contributed by atoms with Gasteiger partial charge in [0.1, 0.15) is 0 Å². The van der Waals surface area contributed by atoms with E-state index in [-0.39, 0.29) is 0 Å². The first-order chi connectivity index (χ1) is 7.24. The Morgan fingerprint density at radius 1 is 0.800 bits per heavy atom. The summed E-state index contributed by atoms with van der Waals surface area (Å²) in [7, 11) is 0. The third-order valence-corrected chi connectivity index (χ3v) is 19.7. The molecule has 0 rings (SSSR count). The molecule has 90 valence electrons. The van der Waals surface area contributed by atoms with E-state index in [1.165, 1.54) is 51.8 Å². The van der Waals surface area contributed by atoms with Crippen molar-refractivity contribution >= 4 is 34.0 Å². The summed E-state index contributed by atoms with van der Waals surface area (Å²) in [6.45, 7) is 6.92. The van der Waals surface area contributed by atoms with Crippen LogP contribution in [0, 0.1) is 0 Å². The first kappa shape index (κ1) is 15.9. The molecule has 15 heavy (non-hydrogen) atoms. The number of hydrogen-bond acceptors (Lipinski definition) is 1. The van der Waals surface area contributed by atoms with Crippen LogP contribution >= 0.6 is 12.2 Å². The Hall–Kier alpha value is 0.889. The molecule has 0 aromatic heterocycles. The molecule has 0 radical (unpaired) electrons. The molecule has 0 bridgehead atoms. The predicted octanol–water partition coefficient (Wildman–Crippen LogP) is 5.37. The molecule has 0 aliphatic rings. The topological polar surface area (TPSA) is 0 Å². The second-order valence-corrected chi connectivity index (χ2v) is 19.1. The van der Waals surface area contributed by atoms with Gasteiger partial charge in [-0.25, -0.2) is 0 Å². The zero-order chi connectivity index (χ0) is 11.6. The molecule has 0 amide bonds. The van der Waals surface area contributed by atoms with E-state index in [0.29, 0.717) is 0 Å². The van der Waals surface area contributed by atoms with Crippen LogP contribution in [0.3, 0.4) is 0 Å². The van der Waals surface area contributed by atoms with E-state index in [1.807, 2.05) is 0 Å². The summed E-state index contributed by atoms with van der Waals surface area (Å²) < 4.78 is 6.87. The Balaban J connectivity index is 4.23. The minimum atomic E-state index is -1.93. The van der Waals surface area contributed by atoms with Crippen molar-refractivity contribution in [3.8, 4) is 0 Å². The van der Waals surface area contributed by atoms with Gasteiger partial charge >= 0.3 is 107 Å². The molecule has 0 aromatic rings. The first-order valence-corrected chi connectivity index (χ1v) is 14.9. The molecule has 0 saturated carbocycles. The fourth-order valence-electron chi connectivity index (χ4n) is 2.14. The molecule has 0 N–H and O–H groups in total. The monoisotopic (exact) mass is 336 g/mol. The molecule has 0 aliphatic heterocycles. The van der Waals surface area contributed by atoms with Gasteiger partial charge in [-0.15, -0.1) is 0 Å². The SMILES string of the molecule is CCC[CH2][Sn]([CH]=S)([CH2]CCC)[CH2]CCC. The number of thiocarbonyl (C=S) groups is 1. The summed E-state index contributed by atoms with van der Waals surface area (Å²) in [4.78, 5) is 0. The fourth-order valence-corrected chi connectivity index (χ4v) is 16.7. The molecule has 0 spiro atoms. The minimum absolute atomic E-state index is 1.35. The normalized spacial score (nSPS) is 11.7. The number of unbranched alkanes of at least 4 members (excludes halogenated alkanes) is 3. The third kappa shape index (κ3) is 6.93. The molecule has 2 heteroatoms. The number of hydrogen-bond donors (Lipinski definition) is 0. The quantitative estimate of drug-likeness (QED) is 0.382. The van der Waals surface area contributed by atoms with Crippen molar-refractivity contribution in [3.63, 3.8) is 0 Å². The molecule has 0 fully saturated rings. The Morgan fingerprint density at radius 2 is 1.13 bits per heavy atom. The van der Waals surface area contributed by atoms with Crippen molar-refractivity contribution in [1.29, 1.82) is 0 Å². The van der Waals surface area contributed by atoms with E-state index in [9.17, 15) is 0 Å². The van der Waals surface area contributed by atoms with Crippen molar-refractivity contribution in [1.82, 2.24) is 0 Å². The molecule has 0 aromatic carbocycles. The summed E-state index contributed by atoms with van der Waals surface area (Å²) in [5, 5.41) is 0. The van der Waals surface area contributed by atoms with Crippen LogP contribution in [0.25, 0.3) is 0 Å². The third-order valence-electron chi connectivity index (χ3n) is 3.33. The molecular weight excluding hydrogens is 307 g/mol. The van der Waals surface area contributed by atoms with Crippen LogP contribution in [0.2, 0.25) is 13.3 Å². The Kier molecular flexibility index (Phi) is 10.7. The summed E-state index contributed by atoms with van der Waals surface area (Å²) >= 11 is 3.47.